The fourth-order valence-electron chi connectivity index (χ4n) is 2.43. The molecular formula is C19H28FN3O3. The molecule has 0 saturated carbocycles. The molecule has 0 aliphatic heterocycles. The molecule has 1 rings (SSSR count). The lowest BCUT2D eigenvalue weighted by molar-refractivity contribution is -0.118. The molecule has 0 aliphatic rings. The van der Waals surface area contributed by atoms with E-state index in [-0.39, 0.29) is 30.7 Å². The van der Waals surface area contributed by atoms with E-state index in [1.165, 1.54) is 6.08 Å². The van der Waals surface area contributed by atoms with E-state index < -0.39 is 11.9 Å². The normalized spacial score (nSPS) is 12.7. The minimum atomic E-state index is -0.652. The molecule has 0 spiro atoms. The van der Waals surface area contributed by atoms with Crippen LogP contribution in [-0.4, -0.2) is 23.6 Å². The summed E-state index contributed by atoms with van der Waals surface area (Å²) in [5.41, 5.74) is 6.32. The second kappa shape index (κ2) is 11.3. The Morgan fingerprint density at radius 2 is 1.92 bits per heavy atom. The molecule has 0 bridgehead atoms. The first-order chi connectivity index (χ1) is 12.3. The first-order valence-corrected chi connectivity index (χ1v) is 8.72. The Bertz CT molecular complexity index is 615. The third kappa shape index (κ3) is 8.62. The molecule has 5 N–H and O–H groups in total. The van der Waals surface area contributed by atoms with Crippen LogP contribution in [0.4, 0.5) is 14.9 Å². The van der Waals surface area contributed by atoms with Crippen LogP contribution in [0.15, 0.2) is 36.2 Å². The van der Waals surface area contributed by atoms with Crippen LogP contribution in [0.25, 0.3) is 0 Å². The summed E-state index contributed by atoms with van der Waals surface area (Å²) < 4.78 is 14.1. The molecule has 1 atom stereocenters. The number of nitrogens with two attached hydrogens (primary N) is 1. The average molecular weight is 365 g/mol. The van der Waals surface area contributed by atoms with E-state index in [2.05, 4.69) is 10.6 Å². The van der Waals surface area contributed by atoms with Gasteiger partial charge in [0.05, 0.1) is 18.4 Å². The number of carbonyl (C=O) groups is 2. The molecule has 26 heavy (non-hydrogen) atoms. The number of urea groups is 1. The summed E-state index contributed by atoms with van der Waals surface area (Å²) in [7, 11) is 0. The molecule has 3 amide bonds. The number of anilines is 1. The van der Waals surface area contributed by atoms with Crippen LogP contribution >= 0.6 is 0 Å². The number of halogens is 1. The monoisotopic (exact) mass is 365 g/mol. The predicted molar refractivity (Wildman–Crippen MR) is 100.0 cm³/mol. The highest BCUT2D eigenvalue weighted by molar-refractivity contribution is 5.93. The molecule has 1 aromatic rings. The van der Waals surface area contributed by atoms with Gasteiger partial charge in [-0.15, -0.1) is 0 Å². The molecule has 6 nitrogen and oxygen atoms in total. The van der Waals surface area contributed by atoms with Gasteiger partial charge >= 0.3 is 6.03 Å². The lowest BCUT2D eigenvalue weighted by Crippen LogP contribution is -2.30. The van der Waals surface area contributed by atoms with Crippen molar-refractivity contribution in [3.05, 3.63) is 41.7 Å². The molecule has 0 fully saturated rings. The molecule has 0 unspecified atom stereocenters. The van der Waals surface area contributed by atoms with Gasteiger partial charge in [-0.3, -0.25) is 4.79 Å². The largest absolute Gasteiger partial charge is 0.392 e. The topological polar surface area (TPSA) is 104 Å². The number of benzene rings is 1. The SMILES string of the molecule is CC(C)C/C(F)=C/[C@@H](CCCNC(N)=O)C(=O)Nc1ccc(CO)cc1. The van der Waals surface area contributed by atoms with Crippen LogP contribution in [0.1, 0.15) is 38.7 Å². The molecule has 0 aliphatic carbocycles. The van der Waals surface area contributed by atoms with Gasteiger partial charge in [-0.05, 0) is 42.5 Å². The Hall–Kier alpha value is -2.41. The molecule has 0 radical (unpaired) electrons. The average Bonchev–Trinajstić information content (AvgIpc) is 2.57. The maximum atomic E-state index is 14.1. The van der Waals surface area contributed by atoms with Crippen molar-refractivity contribution in [2.75, 3.05) is 11.9 Å². The zero-order valence-electron chi connectivity index (χ0n) is 15.3. The van der Waals surface area contributed by atoms with Crippen LogP contribution in [0.2, 0.25) is 0 Å². The van der Waals surface area contributed by atoms with Gasteiger partial charge < -0.3 is 21.5 Å². The van der Waals surface area contributed by atoms with Gasteiger partial charge in [-0.25, -0.2) is 9.18 Å². The Morgan fingerprint density at radius 1 is 1.27 bits per heavy atom. The molecular weight excluding hydrogens is 337 g/mol. The van der Waals surface area contributed by atoms with Gasteiger partial charge in [0.2, 0.25) is 5.91 Å². The van der Waals surface area contributed by atoms with E-state index in [0.717, 1.165) is 5.56 Å². The quantitative estimate of drug-likeness (QED) is 0.479. The van der Waals surface area contributed by atoms with Crippen molar-refractivity contribution < 1.29 is 19.1 Å². The fourth-order valence-corrected chi connectivity index (χ4v) is 2.43. The van der Waals surface area contributed by atoms with Gasteiger partial charge in [-0.1, -0.05) is 26.0 Å². The highest BCUT2D eigenvalue weighted by Gasteiger charge is 2.18. The van der Waals surface area contributed by atoms with Gasteiger partial charge in [0, 0.05) is 18.7 Å². The molecule has 1 aromatic carbocycles. The minimum Gasteiger partial charge on any atom is -0.392 e. The van der Waals surface area contributed by atoms with Crippen molar-refractivity contribution in [1.29, 1.82) is 0 Å². The van der Waals surface area contributed by atoms with Crippen LogP contribution in [0.3, 0.4) is 0 Å². The number of carbonyl (C=O) groups excluding carboxylic acids is 2. The third-order valence-corrected chi connectivity index (χ3v) is 3.72. The standard InChI is InChI=1S/C19H28FN3O3/c1-13(2)10-16(20)11-15(4-3-9-22-19(21)26)18(25)23-17-7-5-14(12-24)6-8-17/h5-8,11,13,15,24H,3-4,9-10,12H2,1-2H3,(H,23,25)(H3,21,22,26)/b16-11-/t15-/m1/s1. The highest BCUT2D eigenvalue weighted by Crippen LogP contribution is 2.20. The molecule has 0 aromatic heterocycles. The van der Waals surface area contributed by atoms with E-state index in [1.807, 2.05) is 13.8 Å². The molecule has 7 heteroatoms. The minimum absolute atomic E-state index is 0.0765. The van der Waals surface area contributed by atoms with Crippen LogP contribution in [0.5, 0.6) is 0 Å². The Morgan fingerprint density at radius 3 is 2.46 bits per heavy atom. The molecule has 0 heterocycles. The summed E-state index contributed by atoms with van der Waals surface area (Å²) in [4.78, 5) is 23.2. The van der Waals surface area contributed by atoms with Crippen LogP contribution in [0, 0.1) is 11.8 Å². The number of hydrogen-bond acceptors (Lipinski definition) is 3. The Balaban J connectivity index is 2.76. The summed E-state index contributed by atoms with van der Waals surface area (Å²) in [5, 5.41) is 14.3. The van der Waals surface area contributed by atoms with Crippen molar-refractivity contribution in [3.63, 3.8) is 0 Å². The van der Waals surface area contributed by atoms with E-state index in [4.69, 9.17) is 10.8 Å². The predicted octanol–water partition coefficient (Wildman–Crippen LogP) is 3.08. The van der Waals surface area contributed by atoms with E-state index in [1.54, 1.807) is 24.3 Å². The number of allylic oxidation sites excluding steroid dienone is 1. The number of amides is 3. The third-order valence-electron chi connectivity index (χ3n) is 3.72. The number of rotatable bonds is 10. The van der Waals surface area contributed by atoms with Gasteiger partial charge in [-0.2, -0.15) is 0 Å². The second-order valence-corrected chi connectivity index (χ2v) is 6.60. The summed E-state index contributed by atoms with van der Waals surface area (Å²) >= 11 is 0. The van der Waals surface area contributed by atoms with Crippen molar-refractivity contribution >= 4 is 17.6 Å². The number of hydrogen-bond donors (Lipinski definition) is 4. The smallest absolute Gasteiger partial charge is 0.312 e. The van der Waals surface area contributed by atoms with Crippen molar-refractivity contribution in [2.24, 2.45) is 17.6 Å². The Labute approximate surface area is 153 Å². The zero-order valence-corrected chi connectivity index (χ0v) is 15.3. The van der Waals surface area contributed by atoms with E-state index in [0.29, 0.717) is 25.1 Å². The lowest BCUT2D eigenvalue weighted by atomic mass is 9.99. The summed E-state index contributed by atoms with van der Waals surface area (Å²) in [6.07, 6.45) is 2.50. The van der Waals surface area contributed by atoms with Crippen molar-refractivity contribution in [2.45, 2.75) is 39.7 Å². The zero-order chi connectivity index (χ0) is 19.5. The Kier molecular flexibility index (Phi) is 9.36. The van der Waals surface area contributed by atoms with Gasteiger partial charge in [0.1, 0.15) is 0 Å². The number of nitrogens with one attached hydrogen (secondary N) is 2. The summed E-state index contributed by atoms with van der Waals surface area (Å²) in [6.45, 7) is 4.06. The van der Waals surface area contributed by atoms with E-state index in [9.17, 15) is 14.0 Å². The van der Waals surface area contributed by atoms with Crippen LogP contribution < -0.4 is 16.4 Å². The van der Waals surface area contributed by atoms with Gasteiger partial charge in [0.25, 0.3) is 0 Å². The first kappa shape index (κ1) is 21.6. The van der Waals surface area contributed by atoms with Crippen molar-refractivity contribution in [3.8, 4) is 0 Å². The molecule has 144 valence electrons. The maximum absolute atomic E-state index is 14.1. The first-order valence-electron chi connectivity index (χ1n) is 8.72. The number of primary amides is 1. The second-order valence-electron chi connectivity index (χ2n) is 6.60. The summed E-state index contributed by atoms with van der Waals surface area (Å²) in [6, 6.07) is 6.15. The number of aliphatic hydroxyl groups is 1. The van der Waals surface area contributed by atoms with Gasteiger partial charge in [0.15, 0.2) is 0 Å². The highest BCUT2D eigenvalue weighted by atomic mass is 19.1. The van der Waals surface area contributed by atoms with E-state index >= 15 is 0 Å². The fraction of sp³-hybridized carbons (Fsp3) is 0.474. The molecule has 0 saturated heterocycles. The maximum Gasteiger partial charge on any atom is 0.312 e. The summed E-state index contributed by atoms with van der Waals surface area (Å²) in [5.74, 6) is -1.14. The number of aliphatic hydroxyl groups excluding tert-OH is 1. The van der Waals surface area contributed by atoms with Crippen LogP contribution in [-0.2, 0) is 11.4 Å². The lowest BCUT2D eigenvalue weighted by Gasteiger charge is -2.15. The van der Waals surface area contributed by atoms with Crippen molar-refractivity contribution in [1.82, 2.24) is 5.32 Å².